The van der Waals surface area contributed by atoms with Crippen LogP contribution in [0.2, 0.25) is 0 Å². The summed E-state index contributed by atoms with van der Waals surface area (Å²) in [5.41, 5.74) is 0. The quantitative estimate of drug-likeness (QED) is 0.701. The average molecular weight is 362 g/mol. The van der Waals surface area contributed by atoms with Crippen molar-refractivity contribution >= 4 is 20.0 Å². The fraction of sp³-hybridized carbons (Fsp3) is 0.571. The van der Waals surface area contributed by atoms with Crippen LogP contribution in [0.3, 0.4) is 0 Å². The van der Waals surface area contributed by atoms with E-state index in [1.54, 1.807) is 12.1 Å². The first-order chi connectivity index (χ1) is 10.7. The van der Waals surface area contributed by atoms with Crippen molar-refractivity contribution < 1.29 is 21.6 Å². The van der Waals surface area contributed by atoms with Crippen molar-refractivity contribution in [2.24, 2.45) is 0 Å². The van der Waals surface area contributed by atoms with Crippen molar-refractivity contribution in [3.8, 4) is 5.75 Å². The van der Waals surface area contributed by atoms with Crippen LogP contribution in [0.25, 0.3) is 0 Å². The van der Waals surface area contributed by atoms with E-state index in [-0.39, 0.29) is 24.0 Å². The molecule has 1 aliphatic carbocycles. The lowest BCUT2D eigenvalue weighted by atomic mass is 10.3. The summed E-state index contributed by atoms with van der Waals surface area (Å²) in [6, 6.07) is 6.11. The molecule has 1 saturated carbocycles. The maximum absolute atomic E-state index is 12.2. The van der Waals surface area contributed by atoms with Crippen molar-refractivity contribution in [1.29, 1.82) is 0 Å². The van der Waals surface area contributed by atoms with Gasteiger partial charge in [0.25, 0.3) is 0 Å². The van der Waals surface area contributed by atoms with Gasteiger partial charge >= 0.3 is 0 Å². The summed E-state index contributed by atoms with van der Waals surface area (Å²) in [4.78, 5) is 0.123. The highest BCUT2D eigenvalue weighted by molar-refractivity contribution is 7.89. The van der Waals surface area contributed by atoms with Crippen molar-refractivity contribution in [2.75, 3.05) is 26.0 Å². The smallest absolute Gasteiger partial charge is 0.240 e. The fourth-order valence-corrected chi connectivity index (χ4v) is 4.43. The van der Waals surface area contributed by atoms with Gasteiger partial charge in [-0.3, -0.25) is 0 Å². The second-order valence-corrected chi connectivity index (χ2v) is 9.11. The topological polar surface area (TPSA) is 92.8 Å². The Hall–Kier alpha value is -1.16. The van der Waals surface area contributed by atoms with Crippen LogP contribution in [-0.4, -0.2) is 53.1 Å². The monoisotopic (exact) mass is 362 g/mol. The molecule has 1 fully saturated rings. The van der Waals surface area contributed by atoms with E-state index in [1.165, 1.54) is 16.4 Å². The number of nitrogens with zero attached hydrogens (tertiary/aromatic N) is 1. The molecule has 130 valence electrons. The van der Waals surface area contributed by atoms with Gasteiger partial charge in [0.2, 0.25) is 20.0 Å². The standard InChI is InChI=1S/C14H22N2O5S2/c1-3-21-13-6-8-14(9-7-13)23(19,20)15-10-11-16(12-4-5-12)22(2,17)18/h6-9,12,15H,3-5,10-11H2,1-2H3. The molecule has 23 heavy (non-hydrogen) atoms. The Morgan fingerprint density at radius 1 is 1.17 bits per heavy atom. The third-order valence-electron chi connectivity index (χ3n) is 3.45. The highest BCUT2D eigenvalue weighted by Gasteiger charge is 2.34. The van der Waals surface area contributed by atoms with E-state index >= 15 is 0 Å². The molecule has 2 rings (SSSR count). The summed E-state index contributed by atoms with van der Waals surface area (Å²) in [6.45, 7) is 2.53. The molecule has 0 bridgehead atoms. The molecule has 1 aromatic rings. The zero-order valence-corrected chi connectivity index (χ0v) is 14.9. The largest absolute Gasteiger partial charge is 0.494 e. The minimum Gasteiger partial charge on any atom is -0.494 e. The van der Waals surface area contributed by atoms with Crippen molar-refractivity contribution in [3.63, 3.8) is 0 Å². The Bertz CT molecular complexity index is 725. The summed E-state index contributed by atoms with van der Waals surface area (Å²) in [7, 11) is -6.98. The lowest BCUT2D eigenvalue weighted by molar-refractivity contribution is 0.340. The Kier molecular flexibility index (Phi) is 5.66. The van der Waals surface area contributed by atoms with Gasteiger partial charge in [0.05, 0.1) is 17.8 Å². The highest BCUT2D eigenvalue weighted by Crippen LogP contribution is 2.28. The van der Waals surface area contributed by atoms with Gasteiger partial charge in [0.1, 0.15) is 5.75 Å². The molecule has 9 heteroatoms. The average Bonchev–Trinajstić information content (AvgIpc) is 3.27. The summed E-state index contributed by atoms with van der Waals surface area (Å²) in [5, 5.41) is 0. The number of nitrogens with one attached hydrogen (secondary N) is 1. The maximum Gasteiger partial charge on any atom is 0.240 e. The minimum atomic E-state index is -3.67. The Morgan fingerprint density at radius 2 is 1.78 bits per heavy atom. The zero-order valence-electron chi connectivity index (χ0n) is 13.2. The van der Waals surface area contributed by atoms with Crippen LogP contribution in [0.5, 0.6) is 5.75 Å². The molecular weight excluding hydrogens is 340 g/mol. The van der Waals surface area contributed by atoms with E-state index < -0.39 is 20.0 Å². The number of rotatable bonds is 9. The molecule has 0 aliphatic heterocycles. The van der Waals surface area contributed by atoms with E-state index in [0.717, 1.165) is 19.1 Å². The summed E-state index contributed by atoms with van der Waals surface area (Å²) < 4.78 is 56.8. The van der Waals surface area contributed by atoms with Gasteiger partial charge in [-0.25, -0.2) is 21.6 Å². The van der Waals surface area contributed by atoms with Gasteiger partial charge in [-0.2, -0.15) is 4.31 Å². The van der Waals surface area contributed by atoms with E-state index in [0.29, 0.717) is 12.4 Å². The molecule has 7 nitrogen and oxygen atoms in total. The number of sulfonamides is 2. The molecule has 0 heterocycles. The van der Waals surface area contributed by atoms with Crippen LogP contribution in [0.4, 0.5) is 0 Å². The number of benzene rings is 1. The summed E-state index contributed by atoms with van der Waals surface area (Å²) >= 11 is 0. The summed E-state index contributed by atoms with van der Waals surface area (Å²) in [5.74, 6) is 0.600. The lowest BCUT2D eigenvalue weighted by Gasteiger charge is -2.19. The summed E-state index contributed by atoms with van der Waals surface area (Å²) in [6.07, 6.45) is 2.81. The third kappa shape index (κ3) is 5.17. The first kappa shape index (κ1) is 18.2. The van der Waals surface area contributed by atoms with Gasteiger partial charge < -0.3 is 4.74 Å². The first-order valence-electron chi connectivity index (χ1n) is 7.43. The van der Waals surface area contributed by atoms with Gasteiger partial charge in [0.15, 0.2) is 0 Å². The molecule has 1 N–H and O–H groups in total. The molecule has 0 atom stereocenters. The van der Waals surface area contributed by atoms with Crippen molar-refractivity contribution in [3.05, 3.63) is 24.3 Å². The van der Waals surface area contributed by atoms with E-state index in [9.17, 15) is 16.8 Å². The zero-order chi connectivity index (χ0) is 17.1. The SMILES string of the molecule is CCOc1ccc(S(=O)(=O)NCCN(C2CC2)S(C)(=O)=O)cc1. The van der Waals surface area contributed by atoms with E-state index in [2.05, 4.69) is 4.72 Å². The molecule has 1 aliphatic rings. The predicted molar refractivity (Wildman–Crippen MR) is 87.4 cm³/mol. The number of ether oxygens (including phenoxy) is 1. The second kappa shape index (κ2) is 7.16. The molecule has 0 saturated heterocycles. The van der Waals surface area contributed by atoms with Crippen molar-refractivity contribution in [2.45, 2.75) is 30.7 Å². The molecule has 0 aromatic heterocycles. The minimum absolute atomic E-state index is 0.0139. The highest BCUT2D eigenvalue weighted by atomic mass is 32.2. The molecular formula is C14H22N2O5S2. The predicted octanol–water partition coefficient (Wildman–Crippen LogP) is 0.788. The van der Waals surface area contributed by atoms with Crippen LogP contribution in [0, 0.1) is 0 Å². The van der Waals surface area contributed by atoms with Gasteiger partial charge in [-0.15, -0.1) is 0 Å². The number of hydrogen-bond acceptors (Lipinski definition) is 5. The number of hydrogen-bond donors (Lipinski definition) is 1. The second-order valence-electron chi connectivity index (χ2n) is 5.41. The fourth-order valence-electron chi connectivity index (χ4n) is 2.24. The maximum atomic E-state index is 12.2. The normalized spacial score (nSPS) is 15.8. The van der Waals surface area contributed by atoms with E-state index in [1.807, 2.05) is 6.92 Å². The Morgan fingerprint density at radius 3 is 2.26 bits per heavy atom. The Balaban J connectivity index is 1.95. The molecule has 0 unspecified atom stereocenters. The third-order valence-corrected chi connectivity index (χ3v) is 6.26. The van der Waals surface area contributed by atoms with Crippen LogP contribution in [0.15, 0.2) is 29.2 Å². The molecule has 0 amide bonds. The molecule has 1 aromatic carbocycles. The van der Waals surface area contributed by atoms with Crippen LogP contribution in [-0.2, 0) is 20.0 Å². The first-order valence-corrected chi connectivity index (χ1v) is 10.8. The molecule has 0 radical (unpaired) electrons. The van der Waals surface area contributed by atoms with Gasteiger partial charge in [0, 0.05) is 19.1 Å². The van der Waals surface area contributed by atoms with Gasteiger partial charge in [-0.05, 0) is 44.0 Å². The van der Waals surface area contributed by atoms with Crippen LogP contribution in [0.1, 0.15) is 19.8 Å². The molecule has 0 spiro atoms. The lowest BCUT2D eigenvalue weighted by Crippen LogP contribution is -2.39. The van der Waals surface area contributed by atoms with E-state index in [4.69, 9.17) is 4.74 Å². The van der Waals surface area contributed by atoms with Crippen LogP contribution < -0.4 is 9.46 Å². The van der Waals surface area contributed by atoms with Gasteiger partial charge in [-0.1, -0.05) is 0 Å². The van der Waals surface area contributed by atoms with Crippen LogP contribution >= 0.6 is 0 Å². The van der Waals surface area contributed by atoms with Crippen molar-refractivity contribution in [1.82, 2.24) is 9.03 Å². The Labute approximate surface area is 137 Å².